The van der Waals surface area contributed by atoms with E-state index >= 15 is 0 Å². The van der Waals surface area contributed by atoms with Gasteiger partial charge < -0.3 is 14.8 Å². The topological polar surface area (TPSA) is 52.2 Å². The summed E-state index contributed by atoms with van der Waals surface area (Å²) in [5, 5.41) is 1.10. The summed E-state index contributed by atoms with van der Waals surface area (Å²) < 4.78 is 0. The number of hydrogen-bond acceptors (Lipinski definition) is 4. The number of carbonyl (C=O) groups excluding carboxylic acids is 1. The molecule has 132 valence electrons. The van der Waals surface area contributed by atoms with Crippen LogP contribution < -0.4 is 4.90 Å². The van der Waals surface area contributed by atoms with E-state index in [4.69, 9.17) is 0 Å². The predicted octanol–water partition coefficient (Wildman–Crippen LogP) is 3.61. The van der Waals surface area contributed by atoms with Gasteiger partial charge in [-0.3, -0.25) is 4.79 Å². The van der Waals surface area contributed by atoms with Gasteiger partial charge in [-0.05, 0) is 30.9 Å². The number of thioether (sulfide) groups is 1. The average molecular weight is 356 g/mol. The summed E-state index contributed by atoms with van der Waals surface area (Å²) in [6, 6.07) is 4.07. The normalized spacial score (nSPS) is 22.0. The maximum absolute atomic E-state index is 13.0. The summed E-state index contributed by atoms with van der Waals surface area (Å²) in [4.78, 5) is 25.7. The Hall–Kier alpha value is -1.95. The Morgan fingerprint density at radius 3 is 3.16 bits per heavy atom. The van der Waals surface area contributed by atoms with Gasteiger partial charge in [0.2, 0.25) is 0 Å². The Kier molecular flexibility index (Phi) is 4.70. The number of nitrogens with one attached hydrogen (secondary N) is 1. The predicted molar refractivity (Wildman–Crippen MR) is 104 cm³/mol. The molecule has 6 heteroatoms. The van der Waals surface area contributed by atoms with Crippen LogP contribution in [-0.2, 0) is 4.79 Å². The van der Waals surface area contributed by atoms with Gasteiger partial charge in [0.1, 0.15) is 5.65 Å². The van der Waals surface area contributed by atoms with E-state index < -0.39 is 0 Å². The molecular weight excluding hydrogens is 332 g/mol. The van der Waals surface area contributed by atoms with Crippen molar-refractivity contribution in [1.29, 1.82) is 0 Å². The summed E-state index contributed by atoms with van der Waals surface area (Å²) in [5.74, 6) is 1.72. The fourth-order valence-electron chi connectivity index (χ4n) is 3.70. The minimum Gasteiger partial charge on any atom is -0.346 e. The van der Waals surface area contributed by atoms with E-state index in [2.05, 4.69) is 26.7 Å². The van der Waals surface area contributed by atoms with E-state index in [0.29, 0.717) is 5.92 Å². The van der Waals surface area contributed by atoms with Crippen molar-refractivity contribution in [1.82, 2.24) is 14.9 Å². The molecule has 1 fully saturated rings. The lowest BCUT2D eigenvalue weighted by Crippen LogP contribution is -2.36. The standard InChI is InChI=1S/C19H24N4OS/c1-14-4-2-3-9-23(12-14)19(24)17-13-22(10-11-25-17)16-6-8-21-18-15(16)5-7-20-18/h5-8,13-14H,2-4,9-12H2,1H3,(H,20,21). The molecule has 0 spiro atoms. The Bertz CT molecular complexity index is 800. The first-order chi connectivity index (χ1) is 12.2. The van der Waals surface area contributed by atoms with Gasteiger partial charge in [-0.2, -0.15) is 0 Å². The van der Waals surface area contributed by atoms with Crippen molar-refractivity contribution in [2.45, 2.75) is 26.2 Å². The van der Waals surface area contributed by atoms with Crippen LogP contribution in [0.2, 0.25) is 0 Å². The minimum atomic E-state index is 0.197. The van der Waals surface area contributed by atoms with Gasteiger partial charge in [0.15, 0.2) is 0 Å². The zero-order chi connectivity index (χ0) is 17.2. The Balaban J connectivity index is 1.60. The minimum absolute atomic E-state index is 0.197. The number of aromatic amines is 1. The van der Waals surface area contributed by atoms with Crippen molar-refractivity contribution in [3.63, 3.8) is 0 Å². The number of H-pyrrole nitrogens is 1. The van der Waals surface area contributed by atoms with Crippen LogP contribution in [0.4, 0.5) is 5.69 Å². The first-order valence-electron chi connectivity index (χ1n) is 9.05. The summed E-state index contributed by atoms with van der Waals surface area (Å²) in [5.41, 5.74) is 2.00. The molecule has 0 radical (unpaired) electrons. The third-order valence-corrected chi connectivity index (χ3v) is 5.99. The molecule has 2 aliphatic rings. The van der Waals surface area contributed by atoms with Gasteiger partial charge in [0.25, 0.3) is 5.91 Å². The van der Waals surface area contributed by atoms with E-state index in [9.17, 15) is 4.79 Å². The SMILES string of the molecule is CC1CCCCN(C(=O)C2=CN(c3ccnc4[nH]ccc34)CCS2)C1. The molecule has 5 nitrogen and oxygen atoms in total. The van der Waals surface area contributed by atoms with E-state index in [1.807, 2.05) is 30.7 Å². The third-order valence-electron chi connectivity index (χ3n) is 5.01. The van der Waals surface area contributed by atoms with Gasteiger partial charge in [-0.1, -0.05) is 13.3 Å². The molecule has 1 saturated heterocycles. The van der Waals surface area contributed by atoms with Crippen molar-refractivity contribution >= 4 is 34.4 Å². The third kappa shape index (κ3) is 3.40. The van der Waals surface area contributed by atoms with Crippen molar-refractivity contribution in [3.8, 4) is 0 Å². The molecule has 1 N–H and O–H groups in total. The van der Waals surface area contributed by atoms with Crippen LogP contribution in [0.25, 0.3) is 11.0 Å². The molecular formula is C19H24N4OS. The van der Waals surface area contributed by atoms with Crippen molar-refractivity contribution in [2.24, 2.45) is 5.92 Å². The van der Waals surface area contributed by atoms with Gasteiger partial charge in [-0.25, -0.2) is 4.98 Å². The highest BCUT2D eigenvalue weighted by Gasteiger charge is 2.25. The zero-order valence-electron chi connectivity index (χ0n) is 14.6. The van der Waals surface area contributed by atoms with Crippen LogP contribution in [0.3, 0.4) is 0 Å². The van der Waals surface area contributed by atoms with Crippen LogP contribution >= 0.6 is 11.8 Å². The highest BCUT2D eigenvalue weighted by Crippen LogP contribution is 2.31. The van der Waals surface area contributed by atoms with E-state index in [0.717, 1.165) is 53.4 Å². The number of anilines is 1. The quantitative estimate of drug-likeness (QED) is 0.893. The fourth-order valence-corrected chi connectivity index (χ4v) is 4.66. The summed E-state index contributed by atoms with van der Waals surface area (Å²) >= 11 is 1.68. The molecule has 4 heterocycles. The zero-order valence-corrected chi connectivity index (χ0v) is 15.4. The maximum atomic E-state index is 13.0. The number of likely N-dealkylation sites (tertiary alicyclic amines) is 1. The fraction of sp³-hybridized carbons (Fsp3) is 0.474. The van der Waals surface area contributed by atoms with Crippen LogP contribution in [0.15, 0.2) is 35.6 Å². The number of nitrogens with zero attached hydrogens (tertiary/aromatic N) is 3. The number of pyridine rings is 1. The van der Waals surface area contributed by atoms with Gasteiger partial charge in [0, 0.05) is 49.4 Å². The number of fused-ring (bicyclic) bond motifs is 1. The van der Waals surface area contributed by atoms with Crippen LogP contribution in [0.1, 0.15) is 26.2 Å². The molecule has 2 aliphatic heterocycles. The van der Waals surface area contributed by atoms with Crippen LogP contribution in [0, 0.1) is 5.92 Å². The molecule has 0 bridgehead atoms. The smallest absolute Gasteiger partial charge is 0.261 e. The summed E-state index contributed by atoms with van der Waals surface area (Å²) in [6.07, 6.45) is 9.34. The average Bonchev–Trinajstić information content (AvgIpc) is 3.02. The first kappa shape index (κ1) is 16.5. The van der Waals surface area contributed by atoms with E-state index in [1.165, 1.54) is 12.8 Å². The molecule has 1 amide bonds. The number of hydrogen-bond donors (Lipinski definition) is 1. The largest absolute Gasteiger partial charge is 0.346 e. The molecule has 1 atom stereocenters. The second kappa shape index (κ2) is 7.12. The molecule has 1 unspecified atom stereocenters. The Morgan fingerprint density at radius 2 is 2.24 bits per heavy atom. The monoisotopic (exact) mass is 356 g/mol. The van der Waals surface area contributed by atoms with E-state index in [1.54, 1.807) is 11.8 Å². The van der Waals surface area contributed by atoms with Crippen molar-refractivity contribution in [3.05, 3.63) is 35.6 Å². The first-order valence-corrected chi connectivity index (χ1v) is 10.0. The van der Waals surface area contributed by atoms with Crippen molar-refractivity contribution in [2.75, 3.05) is 30.3 Å². The number of amides is 1. The summed E-state index contributed by atoms with van der Waals surface area (Å²) in [7, 11) is 0. The Labute approximate surface area is 152 Å². The molecule has 25 heavy (non-hydrogen) atoms. The number of carbonyl (C=O) groups is 1. The maximum Gasteiger partial charge on any atom is 0.261 e. The lowest BCUT2D eigenvalue weighted by atomic mass is 10.1. The van der Waals surface area contributed by atoms with Crippen molar-refractivity contribution < 1.29 is 4.79 Å². The highest BCUT2D eigenvalue weighted by atomic mass is 32.2. The number of aromatic nitrogens is 2. The molecule has 2 aromatic rings. The van der Waals surface area contributed by atoms with E-state index in [-0.39, 0.29) is 5.91 Å². The summed E-state index contributed by atoms with van der Waals surface area (Å²) in [6.45, 7) is 4.93. The lowest BCUT2D eigenvalue weighted by molar-refractivity contribution is -0.126. The molecule has 0 saturated carbocycles. The molecule has 4 rings (SSSR count). The number of rotatable bonds is 2. The van der Waals surface area contributed by atoms with Gasteiger partial charge in [0.05, 0.1) is 10.6 Å². The molecule has 0 aromatic carbocycles. The molecule has 2 aromatic heterocycles. The second-order valence-electron chi connectivity index (χ2n) is 6.96. The molecule has 0 aliphatic carbocycles. The highest BCUT2D eigenvalue weighted by molar-refractivity contribution is 8.04. The van der Waals surface area contributed by atoms with Crippen LogP contribution in [-0.4, -0.2) is 46.2 Å². The van der Waals surface area contributed by atoms with Gasteiger partial charge in [-0.15, -0.1) is 11.8 Å². The second-order valence-corrected chi connectivity index (χ2v) is 8.09. The van der Waals surface area contributed by atoms with Gasteiger partial charge >= 0.3 is 0 Å². The van der Waals surface area contributed by atoms with Crippen LogP contribution in [0.5, 0.6) is 0 Å². The lowest BCUT2D eigenvalue weighted by Gasteiger charge is -2.29. The Morgan fingerprint density at radius 1 is 1.32 bits per heavy atom.